The molecule has 0 fully saturated rings. The predicted molar refractivity (Wildman–Crippen MR) is 90.7 cm³/mol. The molecule has 0 atom stereocenters. The van der Waals surface area contributed by atoms with E-state index in [0.717, 1.165) is 6.07 Å². The van der Waals surface area contributed by atoms with Gasteiger partial charge in [-0.05, 0) is 42.8 Å². The van der Waals surface area contributed by atoms with Gasteiger partial charge in [0.05, 0.1) is 18.7 Å². The van der Waals surface area contributed by atoms with Crippen LogP contribution in [0.15, 0.2) is 41.3 Å². The minimum absolute atomic E-state index is 0.166. The lowest BCUT2D eigenvalue weighted by Crippen LogP contribution is -1.96. The Hall–Kier alpha value is -2.78. The Bertz CT molecular complexity index is 856. The van der Waals surface area contributed by atoms with Crippen LogP contribution in [-0.2, 0) is 9.53 Å². The highest BCUT2D eigenvalue weighted by molar-refractivity contribution is 7.80. The van der Waals surface area contributed by atoms with Gasteiger partial charge in [-0.3, -0.25) is 0 Å². The molecule has 0 radical (unpaired) electrons. The van der Waals surface area contributed by atoms with Gasteiger partial charge in [0.2, 0.25) is 0 Å². The van der Waals surface area contributed by atoms with Crippen molar-refractivity contribution >= 4 is 24.7 Å². The van der Waals surface area contributed by atoms with Crippen molar-refractivity contribution < 1.29 is 18.7 Å². The molecule has 24 heavy (non-hydrogen) atoms. The molecule has 6 heteroatoms. The molecule has 0 bridgehead atoms. The van der Waals surface area contributed by atoms with Gasteiger partial charge in [0, 0.05) is 22.6 Å². The first kappa shape index (κ1) is 17.6. The number of carbonyl (C=O) groups is 1. The van der Waals surface area contributed by atoms with Crippen LogP contribution in [0.4, 0.5) is 4.39 Å². The van der Waals surface area contributed by atoms with E-state index >= 15 is 0 Å². The molecule has 4 nitrogen and oxygen atoms in total. The van der Waals surface area contributed by atoms with E-state index in [-0.39, 0.29) is 11.3 Å². The molecule has 122 valence electrons. The molecular weight excluding hydrogens is 329 g/mol. The minimum Gasteiger partial charge on any atom is -0.466 e. The van der Waals surface area contributed by atoms with Crippen molar-refractivity contribution in [1.82, 2.24) is 0 Å². The van der Waals surface area contributed by atoms with Gasteiger partial charge in [0.15, 0.2) is 0 Å². The number of nitrogens with zero attached hydrogens (tertiary/aromatic N) is 1. The fourth-order valence-electron chi connectivity index (χ4n) is 2.05. The molecule has 0 unspecified atom stereocenters. The summed E-state index contributed by atoms with van der Waals surface area (Å²) in [6.07, 6.45) is 2.85. The fourth-order valence-corrected chi connectivity index (χ4v) is 2.36. The van der Waals surface area contributed by atoms with Crippen LogP contribution in [0, 0.1) is 24.1 Å². The van der Waals surface area contributed by atoms with Crippen LogP contribution >= 0.6 is 12.6 Å². The fraction of sp³-hybridized carbons (Fsp3) is 0.111. The number of halogens is 1. The Morgan fingerprint density at radius 3 is 2.75 bits per heavy atom. The summed E-state index contributed by atoms with van der Waals surface area (Å²) in [6, 6.07) is 9.02. The number of hydrogen-bond acceptors (Lipinski definition) is 5. The molecule has 0 amide bonds. The van der Waals surface area contributed by atoms with Crippen LogP contribution < -0.4 is 4.74 Å². The van der Waals surface area contributed by atoms with Gasteiger partial charge in [-0.15, -0.1) is 12.6 Å². The summed E-state index contributed by atoms with van der Waals surface area (Å²) in [5.74, 6) is -0.369. The second-order valence-corrected chi connectivity index (χ2v) is 5.35. The van der Waals surface area contributed by atoms with Crippen molar-refractivity contribution in [2.75, 3.05) is 7.11 Å². The number of methoxy groups -OCH3 is 1. The maximum absolute atomic E-state index is 13.5. The maximum Gasteiger partial charge on any atom is 0.330 e. The average molecular weight is 343 g/mol. The molecule has 0 heterocycles. The molecule has 0 aliphatic carbocycles. The molecule has 2 aromatic rings. The first-order chi connectivity index (χ1) is 11.4. The summed E-state index contributed by atoms with van der Waals surface area (Å²) in [5.41, 5.74) is 1.56. The van der Waals surface area contributed by atoms with Crippen LogP contribution in [-0.4, -0.2) is 13.1 Å². The average Bonchev–Trinajstić information content (AvgIpc) is 2.56. The summed E-state index contributed by atoms with van der Waals surface area (Å²) < 4.78 is 23.8. The van der Waals surface area contributed by atoms with Gasteiger partial charge >= 0.3 is 5.97 Å². The van der Waals surface area contributed by atoms with Crippen molar-refractivity contribution in [1.29, 1.82) is 5.26 Å². The lowest BCUT2D eigenvalue weighted by Gasteiger charge is -2.13. The zero-order valence-electron chi connectivity index (χ0n) is 13.0. The van der Waals surface area contributed by atoms with E-state index in [9.17, 15) is 9.18 Å². The number of ether oxygens (including phenoxy) is 2. The van der Waals surface area contributed by atoms with Crippen molar-refractivity contribution in [3.05, 3.63) is 58.9 Å². The Balaban J connectivity index is 2.39. The summed E-state index contributed by atoms with van der Waals surface area (Å²) in [4.78, 5) is 11.9. The molecule has 0 saturated heterocycles. The normalized spacial score (nSPS) is 10.5. The van der Waals surface area contributed by atoms with Crippen LogP contribution in [0.3, 0.4) is 0 Å². The van der Waals surface area contributed by atoms with Gasteiger partial charge in [0.1, 0.15) is 17.3 Å². The molecular formula is C18H14FNO3S. The van der Waals surface area contributed by atoms with Crippen molar-refractivity contribution in [2.24, 2.45) is 0 Å². The van der Waals surface area contributed by atoms with E-state index in [4.69, 9.17) is 10.00 Å². The number of rotatable bonds is 4. The molecule has 0 saturated carbocycles. The third-order valence-corrected chi connectivity index (χ3v) is 3.65. The number of nitriles is 1. The zero-order valence-corrected chi connectivity index (χ0v) is 13.9. The lowest BCUT2D eigenvalue weighted by molar-refractivity contribution is -0.134. The maximum atomic E-state index is 13.5. The monoisotopic (exact) mass is 343 g/mol. The predicted octanol–water partition coefficient (Wildman–Crippen LogP) is 4.27. The molecule has 2 rings (SSSR count). The first-order valence-electron chi connectivity index (χ1n) is 6.91. The number of esters is 1. The van der Waals surface area contributed by atoms with Crippen LogP contribution in [0.25, 0.3) is 6.08 Å². The second-order valence-electron chi connectivity index (χ2n) is 4.87. The van der Waals surface area contributed by atoms with E-state index in [1.165, 1.54) is 25.3 Å². The third-order valence-electron chi connectivity index (χ3n) is 3.26. The van der Waals surface area contributed by atoms with Crippen LogP contribution in [0.2, 0.25) is 0 Å². The second kappa shape index (κ2) is 7.66. The van der Waals surface area contributed by atoms with Gasteiger partial charge in [-0.1, -0.05) is 0 Å². The van der Waals surface area contributed by atoms with Crippen molar-refractivity contribution in [3.63, 3.8) is 0 Å². The van der Waals surface area contributed by atoms with Gasteiger partial charge in [-0.25, -0.2) is 9.18 Å². The summed E-state index contributed by atoms with van der Waals surface area (Å²) in [6.45, 7) is 1.79. The molecule has 0 N–H and O–H groups in total. The minimum atomic E-state index is -0.557. The summed E-state index contributed by atoms with van der Waals surface area (Å²) >= 11 is 4.36. The molecule has 2 aromatic carbocycles. The number of thiol groups is 1. The Labute approximate surface area is 144 Å². The first-order valence-corrected chi connectivity index (χ1v) is 7.36. The van der Waals surface area contributed by atoms with E-state index in [1.807, 2.05) is 6.07 Å². The van der Waals surface area contributed by atoms with Gasteiger partial charge < -0.3 is 9.47 Å². The largest absolute Gasteiger partial charge is 0.466 e. The number of hydrogen-bond donors (Lipinski definition) is 1. The van der Waals surface area contributed by atoms with Crippen LogP contribution in [0.1, 0.15) is 16.7 Å². The molecule has 0 spiro atoms. The number of benzene rings is 2. The van der Waals surface area contributed by atoms with Crippen LogP contribution in [0.5, 0.6) is 11.5 Å². The number of carbonyl (C=O) groups excluding carboxylic acids is 1. The van der Waals surface area contributed by atoms with E-state index < -0.39 is 11.8 Å². The molecule has 0 aromatic heterocycles. The van der Waals surface area contributed by atoms with E-state index in [0.29, 0.717) is 21.8 Å². The highest BCUT2D eigenvalue weighted by atomic mass is 32.1. The zero-order chi connectivity index (χ0) is 17.7. The van der Waals surface area contributed by atoms with E-state index in [2.05, 4.69) is 17.4 Å². The van der Waals surface area contributed by atoms with E-state index in [1.54, 1.807) is 25.1 Å². The lowest BCUT2D eigenvalue weighted by atomic mass is 10.1. The quantitative estimate of drug-likeness (QED) is 0.511. The SMILES string of the molecule is COC(=O)/C=C/c1c(S)ccc(Oc2cc(F)cc(C#N)c2)c1C. The van der Waals surface area contributed by atoms with Crippen molar-refractivity contribution in [3.8, 4) is 17.6 Å². The van der Waals surface area contributed by atoms with Gasteiger partial charge in [-0.2, -0.15) is 5.26 Å². The highest BCUT2D eigenvalue weighted by Crippen LogP contribution is 2.32. The molecule has 0 aliphatic rings. The Morgan fingerprint density at radius 2 is 2.08 bits per heavy atom. The third kappa shape index (κ3) is 4.15. The molecule has 0 aliphatic heterocycles. The van der Waals surface area contributed by atoms with Gasteiger partial charge in [0.25, 0.3) is 0 Å². The summed E-state index contributed by atoms with van der Waals surface area (Å²) in [5, 5.41) is 8.90. The Kier molecular flexibility index (Phi) is 5.61. The standard InChI is InChI=1S/C18H14FNO3S/c1-11-15(3-6-18(21)22-2)17(24)5-4-16(11)23-14-8-12(10-20)7-13(19)9-14/h3-9,24H,1-2H3/b6-3+. The Morgan fingerprint density at radius 1 is 1.33 bits per heavy atom. The smallest absolute Gasteiger partial charge is 0.330 e. The van der Waals surface area contributed by atoms with Crippen molar-refractivity contribution in [2.45, 2.75) is 11.8 Å². The highest BCUT2D eigenvalue weighted by Gasteiger charge is 2.10. The summed E-state index contributed by atoms with van der Waals surface area (Å²) in [7, 11) is 1.29. The topological polar surface area (TPSA) is 59.3 Å².